The average molecular weight is 306 g/mol. The summed E-state index contributed by atoms with van der Waals surface area (Å²) >= 11 is 0. The van der Waals surface area contributed by atoms with Crippen molar-refractivity contribution in [2.45, 2.75) is 13.0 Å². The lowest BCUT2D eigenvalue weighted by Crippen LogP contribution is -2.45. The molecule has 22 heavy (non-hydrogen) atoms. The van der Waals surface area contributed by atoms with E-state index in [0.29, 0.717) is 16.8 Å². The molecule has 0 aromatic heterocycles. The van der Waals surface area contributed by atoms with Crippen molar-refractivity contribution in [1.82, 2.24) is 10.6 Å². The van der Waals surface area contributed by atoms with Crippen LogP contribution in [0.5, 0.6) is 5.75 Å². The highest BCUT2D eigenvalue weighted by Gasteiger charge is 2.32. The van der Waals surface area contributed by atoms with E-state index in [-0.39, 0.29) is 19.0 Å². The van der Waals surface area contributed by atoms with Crippen LogP contribution in [0.3, 0.4) is 0 Å². The zero-order valence-corrected chi connectivity index (χ0v) is 12.4. The van der Waals surface area contributed by atoms with Crippen molar-refractivity contribution < 1.29 is 24.2 Å². The molecule has 1 aromatic rings. The first-order valence-electron chi connectivity index (χ1n) is 6.76. The van der Waals surface area contributed by atoms with Crippen LogP contribution in [-0.2, 0) is 14.3 Å². The number of nitrogens with one attached hydrogen (secondary N) is 2. The van der Waals surface area contributed by atoms with Gasteiger partial charge in [-0.05, 0) is 24.6 Å². The van der Waals surface area contributed by atoms with Gasteiger partial charge >= 0.3 is 12.0 Å². The number of ether oxygens (including phenoxy) is 2. The van der Waals surface area contributed by atoms with E-state index in [4.69, 9.17) is 9.47 Å². The molecule has 0 saturated heterocycles. The second kappa shape index (κ2) is 6.95. The van der Waals surface area contributed by atoms with E-state index in [9.17, 15) is 14.7 Å². The van der Waals surface area contributed by atoms with Gasteiger partial charge in [0.25, 0.3) is 0 Å². The maximum absolute atomic E-state index is 12.3. The number of esters is 1. The highest BCUT2D eigenvalue weighted by Crippen LogP contribution is 2.29. The molecule has 0 radical (unpaired) electrons. The largest absolute Gasteiger partial charge is 0.508 e. The van der Waals surface area contributed by atoms with Crippen LogP contribution in [0, 0.1) is 0 Å². The van der Waals surface area contributed by atoms with Gasteiger partial charge < -0.3 is 25.2 Å². The quantitative estimate of drug-likeness (QED) is 0.561. The summed E-state index contributed by atoms with van der Waals surface area (Å²) in [5.41, 5.74) is 1.30. The first-order valence-corrected chi connectivity index (χ1v) is 6.76. The summed E-state index contributed by atoms with van der Waals surface area (Å²) in [4.78, 5) is 23.9. The lowest BCUT2D eigenvalue weighted by molar-refractivity contribution is -0.140. The summed E-state index contributed by atoms with van der Waals surface area (Å²) in [6.45, 7) is 2.03. The summed E-state index contributed by atoms with van der Waals surface area (Å²) in [5, 5.41) is 14.8. The van der Waals surface area contributed by atoms with Crippen LogP contribution in [0.4, 0.5) is 4.79 Å². The molecular formula is C15H18N2O5. The standard InChI is InChI=1S/C15H18N2O5/c1-9-12(14(19)22-7-6-21-2)13(17-15(20)16-9)10-4-3-5-11(18)8-10/h3-5,8,13,18H,6-7H2,1-2H3,(H2,16,17,20). The summed E-state index contributed by atoms with van der Waals surface area (Å²) < 4.78 is 9.97. The van der Waals surface area contributed by atoms with E-state index in [1.54, 1.807) is 19.1 Å². The molecule has 2 rings (SSSR count). The van der Waals surface area contributed by atoms with Crippen molar-refractivity contribution in [3.8, 4) is 5.75 Å². The number of hydrogen-bond acceptors (Lipinski definition) is 5. The summed E-state index contributed by atoms with van der Waals surface area (Å²) in [7, 11) is 1.51. The average Bonchev–Trinajstić information content (AvgIpc) is 2.46. The third-order valence-electron chi connectivity index (χ3n) is 3.21. The molecule has 0 saturated carbocycles. The van der Waals surface area contributed by atoms with E-state index in [0.717, 1.165) is 0 Å². The van der Waals surface area contributed by atoms with E-state index in [1.807, 2.05) is 0 Å². The van der Waals surface area contributed by atoms with Gasteiger partial charge in [0, 0.05) is 12.8 Å². The van der Waals surface area contributed by atoms with Crippen molar-refractivity contribution in [1.29, 1.82) is 0 Å². The Balaban J connectivity index is 2.30. The van der Waals surface area contributed by atoms with Crippen LogP contribution in [0.2, 0.25) is 0 Å². The van der Waals surface area contributed by atoms with Crippen LogP contribution in [0.25, 0.3) is 0 Å². The zero-order chi connectivity index (χ0) is 16.1. The molecule has 0 bridgehead atoms. The maximum Gasteiger partial charge on any atom is 0.338 e. The Bertz CT molecular complexity index is 612. The van der Waals surface area contributed by atoms with E-state index in [2.05, 4.69) is 10.6 Å². The van der Waals surface area contributed by atoms with Crippen molar-refractivity contribution in [3.63, 3.8) is 0 Å². The Morgan fingerprint density at radius 1 is 1.36 bits per heavy atom. The number of methoxy groups -OCH3 is 1. The minimum atomic E-state index is -0.684. The van der Waals surface area contributed by atoms with Crippen LogP contribution in [0.1, 0.15) is 18.5 Å². The zero-order valence-electron chi connectivity index (χ0n) is 12.4. The second-order valence-corrected chi connectivity index (χ2v) is 4.79. The molecule has 1 atom stereocenters. The second-order valence-electron chi connectivity index (χ2n) is 4.79. The molecule has 118 valence electrons. The molecule has 1 heterocycles. The smallest absolute Gasteiger partial charge is 0.338 e. The lowest BCUT2D eigenvalue weighted by atomic mass is 9.95. The fraction of sp³-hybridized carbons (Fsp3) is 0.333. The Morgan fingerprint density at radius 2 is 2.14 bits per heavy atom. The Morgan fingerprint density at radius 3 is 2.82 bits per heavy atom. The van der Waals surface area contributed by atoms with Crippen LogP contribution >= 0.6 is 0 Å². The lowest BCUT2D eigenvalue weighted by Gasteiger charge is -2.28. The molecule has 0 spiro atoms. The molecule has 1 aromatic carbocycles. The molecular weight excluding hydrogens is 288 g/mol. The predicted molar refractivity (Wildman–Crippen MR) is 78.1 cm³/mol. The number of aromatic hydroxyl groups is 1. The first-order chi connectivity index (χ1) is 10.5. The highest BCUT2D eigenvalue weighted by molar-refractivity contribution is 5.95. The molecule has 0 aliphatic carbocycles. The summed E-state index contributed by atoms with van der Waals surface area (Å²) in [6, 6.07) is 5.26. The monoisotopic (exact) mass is 306 g/mol. The number of carbonyl (C=O) groups excluding carboxylic acids is 2. The molecule has 7 nitrogen and oxygen atoms in total. The molecule has 2 amide bonds. The number of allylic oxidation sites excluding steroid dienone is 1. The van der Waals surface area contributed by atoms with Gasteiger partial charge in [0.2, 0.25) is 0 Å². The number of carbonyl (C=O) groups is 2. The van der Waals surface area contributed by atoms with Gasteiger partial charge in [-0.3, -0.25) is 0 Å². The van der Waals surface area contributed by atoms with E-state index in [1.165, 1.54) is 19.2 Å². The molecule has 7 heteroatoms. The van der Waals surface area contributed by atoms with Gasteiger partial charge in [-0.2, -0.15) is 0 Å². The third-order valence-corrected chi connectivity index (χ3v) is 3.21. The number of benzene rings is 1. The van der Waals surface area contributed by atoms with Crippen LogP contribution in [-0.4, -0.2) is 37.4 Å². The van der Waals surface area contributed by atoms with Gasteiger partial charge in [0.1, 0.15) is 12.4 Å². The van der Waals surface area contributed by atoms with E-state index < -0.39 is 18.0 Å². The van der Waals surface area contributed by atoms with Crippen LogP contribution < -0.4 is 10.6 Å². The van der Waals surface area contributed by atoms with Crippen molar-refractivity contribution in [2.75, 3.05) is 20.3 Å². The summed E-state index contributed by atoms with van der Waals surface area (Å²) in [6.07, 6.45) is 0. The fourth-order valence-electron chi connectivity index (χ4n) is 2.21. The first kappa shape index (κ1) is 15.8. The van der Waals surface area contributed by atoms with Crippen molar-refractivity contribution in [3.05, 3.63) is 41.1 Å². The maximum atomic E-state index is 12.3. The number of urea groups is 1. The van der Waals surface area contributed by atoms with Gasteiger partial charge in [0.15, 0.2) is 0 Å². The highest BCUT2D eigenvalue weighted by atomic mass is 16.6. The Kier molecular flexibility index (Phi) is 5.00. The minimum absolute atomic E-state index is 0.0510. The molecule has 3 N–H and O–H groups in total. The Hall–Kier alpha value is -2.54. The topological polar surface area (TPSA) is 96.9 Å². The predicted octanol–water partition coefficient (Wildman–Crippen LogP) is 1.21. The number of rotatable bonds is 5. The van der Waals surface area contributed by atoms with Crippen molar-refractivity contribution >= 4 is 12.0 Å². The Labute approximate surface area is 127 Å². The SMILES string of the molecule is COCCOC(=O)C1=C(C)NC(=O)NC1c1cccc(O)c1. The molecule has 1 aliphatic rings. The third kappa shape index (κ3) is 3.56. The van der Waals surface area contributed by atoms with Gasteiger partial charge in [-0.15, -0.1) is 0 Å². The van der Waals surface area contributed by atoms with Gasteiger partial charge in [-0.25, -0.2) is 9.59 Å². The number of phenols is 1. The summed E-state index contributed by atoms with van der Waals surface area (Å²) in [5.74, 6) is -0.495. The van der Waals surface area contributed by atoms with Crippen molar-refractivity contribution in [2.24, 2.45) is 0 Å². The number of amides is 2. The molecule has 1 unspecified atom stereocenters. The normalized spacial score (nSPS) is 17.7. The van der Waals surface area contributed by atoms with E-state index >= 15 is 0 Å². The van der Waals surface area contributed by atoms with Gasteiger partial charge in [0.05, 0.1) is 18.2 Å². The molecule has 0 fully saturated rings. The molecule has 1 aliphatic heterocycles. The number of hydrogen-bond donors (Lipinski definition) is 3. The van der Waals surface area contributed by atoms with Gasteiger partial charge in [-0.1, -0.05) is 12.1 Å². The fourth-order valence-corrected chi connectivity index (χ4v) is 2.21. The van der Waals surface area contributed by atoms with Crippen LogP contribution in [0.15, 0.2) is 35.5 Å². The number of phenolic OH excluding ortho intramolecular Hbond substituents is 1. The minimum Gasteiger partial charge on any atom is -0.508 e.